The van der Waals surface area contributed by atoms with E-state index < -0.39 is 26.6 Å². The van der Waals surface area contributed by atoms with Crippen LogP contribution in [-0.2, 0) is 18.4 Å². The molecule has 0 saturated heterocycles. The summed E-state index contributed by atoms with van der Waals surface area (Å²) in [6, 6.07) is -0.925. The van der Waals surface area contributed by atoms with Crippen molar-refractivity contribution in [3.8, 4) is 0 Å². The highest BCUT2D eigenvalue weighted by Gasteiger charge is 2.23. The number of aliphatic hydroxyl groups excluding tert-OH is 1. The van der Waals surface area contributed by atoms with E-state index in [9.17, 15) is 19.4 Å². The molecule has 69 heavy (non-hydrogen) atoms. The van der Waals surface area contributed by atoms with Gasteiger partial charge in [0.1, 0.15) is 13.2 Å². The quantitative estimate of drug-likeness (QED) is 0.0272. The highest BCUT2D eigenvalue weighted by molar-refractivity contribution is 7.45. The van der Waals surface area contributed by atoms with Crippen LogP contribution in [0.3, 0.4) is 0 Å². The predicted molar refractivity (Wildman–Crippen MR) is 297 cm³/mol. The number of nitrogens with one attached hydrogen (secondary N) is 1. The number of carbonyl (C=O) groups is 1. The van der Waals surface area contributed by atoms with Gasteiger partial charge in [-0.25, -0.2) is 0 Å². The Labute approximate surface area is 426 Å². The van der Waals surface area contributed by atoms with E-state index in [1.165, 1.54) is 128 Å². The highest BCUT2D eigenvalue weighted by atomic mass is 31.2. The second kappa shape index (κ2) is 50.4. The average Bonchev–Trinajstić information content (AvgIpc) is 3.31. The fourth-order valence-electron chi connectivity index (χ4n) is 7.67. The van der Waals surface area contributed by atoms with Gasteiger partial charge in [0.2, 0.25) is 5.91 Å². The number of phosphoric acid groups is 1. The molecule has 3 unspecified atom stereocenters. The molecule has 0 aliphatic carbocycles. The Balaban J connectivity index is 4.37. The number of unbranched alkanes of at least 4 members (excludes halogenated alkanes) is 23. The molecule has 8 nitrogen and oxygen atoms in total. The molecule has 0 aliphatic rings. The van der Waals surface area contributed by atoms with Gasteiger partial charge in [-0.15, -0.1) is 0 Å². The molecule has 0 aliphatic heterocycles. The summed E-state index contributed by atoms with van der Waals surface area (Å²) in [4.78, 5) is 25.5. The Bertz CT molecular complexity index is 1440. The first-order valence-electron chi connectivity index (χ1n) is 28.1. The molecule has 3 atom stereocenters. The van der Waals surface area contributed by atoms with E-state index in [2.05, 4.69) is 104 Å². The third-order valence-electron chi connectivity index (χ3n) is 12.0. The molecular weight excluding hydrogens is 876 g/mol. The molecule has 0 aromatic rings. The number of hydrogen-bond donors (Lipinski definition) is 2. The molecule has 0 bridgehead atoms. The fraction of sp³-hybridized carbons (Fsp3) is 0.717. The zero-order valence-electron chi connectivity index (χ0n) is 45.2. The molecule has 9 heteroatoms. The number of carbonyl (C=O) groups excluding carboxylic acids is 1. The Kier molecular flexibility index (Phi) is 48.5. The van der Waals surface area contributed by atoms with Crippen molar-refractivity contribution < 1.29 is 32.9 Å². The van der Waals surface area contributed by atoms with Crippen LogP contribution in [0.4, 0.5) is 0 Å². The maximum atomic E-state index is 12.9. The standard InChI is InChI=1S/C60H107N2O6P/c1-6-8-10-12-14-16-18-20-22-24-26-28-30-32-33-35-37-39-41-43-45-47-49-51-53-59(63)58(57-68-69(65,66)67-56-55-62(3,4)5)61-60(64)54-52-50-48-46-44-42-40-38-36-34-31-29-27-25-23-21-19-17-15-13-11-9-7-2/h9,11,15,17,21,23,27,29,34,36,40,42,46,48,51,53,58-59,63H,6-8,10,12-14,16,18-20,22,24-26,28,30-33,35,37-39,41,43-45,47,49-50,52,54-57H2,1-5H3,(H-,61,64,65,66)/b11-9-,17-15-,23-21-,29-27-,36-34-,42-40-,48-46-,53-51+. The third-order valence-corrected chi connectivity index (χ3v) is 13.0. The lowest BCUT2D eigenvalue weighted by molar-refractivity contribution is -0.870. The van der Waals surface area contributed by atoms with Crippen LogP contribution < -0.4 is 10.2 Å². The highest BCUT2D eigenvalue weighted by Crippen LogP contribution is 2.38. The van der Waals surface area contributed by atoms with E-state index in [4.69, 9.17) is 9.05 Å². The summed E-state index contributed by atoms with van der Waals surface area (Å²) in [5, 5.41) is 13.8. The molecule has 1 amide bonds. The Morgan fingerprint density at radius 2 is 0.884 bits per heavy atom. The van der Waals surface area contributed by atoms with E-state index in [0.717, 1.165) is 70.6 Å². The molecular formula is C60H107N2O6P. The largest absolute Gasteiger partial charge is 0.756 e. The molecule has 0 aromatic carbocycles. The first kappa shape index (κ1) is 66.4. The molecule has 0 heterocycles. The zero-order chi connectivity index (χ0) is 50.6. The maximum Gasteiger partial charge on any atom is 0.268 e. The minimum atomic E-state index is -4.62. The van der Waals surface area contributed by atoms with Crippen LogP contribution in [0, 0.1) is 0 Å². The van der Waals surface area contributed by atoms with Crippen LogP contribution in [-0.4, -0.2) is 68.5 Å². The summed E-state index contributed by atoms with van der Waals surface area (Å²) in [5.41, 5.74) is 0. The SMILES string of the molecule is CC/C=C\C/C=C\C/C=C\C/C=C\C/C=C\C/C=C\C/C=C\CCCC(=O)NC(COP(=O)([O-])OCC[N+](C)(C)C)C(O)/C=C/CCCCCCCCCCCCCCCCCCCCCCCC. The summed E-state index contributed by atoms with van der Waals surface area (Å²) >= 11 is 0. The van der Waals surface area contributed by atoms with Gasteiger partial charge in [0.25, 0.3) is 7.82 Å². The van der Waals surface area contributed by atoms with Crippen LogP contribution in [0.1, 0.15) is 226 Å². The normalized spacial score (nSPS) is 14.7. The van der Waals surface area contributed by atoms with Crippen molar-refractivity contribution in [2.24, 2.45) is 0 Å². The van der Waals surface area contributed by atoms with Crippen molar-refractivity contribution in [2.75, 3.05) is 40.9 Å². The maximum absolute atomic E-state index is 12.9. The van der Waals surface area contributed by atoms with Crippen LogP contribution in [0.5, 0.6) is 0 Å². The number of rotatable bonds is 50. The van der Waals surface area contributed by atoms with Crippen molar-refractivity contribution in [2.45, 2.75) is 238 Å². The van der Waals surface area contributed by atoms with Gasteiger partial charge in [0.05, 0.1) is 39.9 Å². The number of likely N-dealkylation sites (N-methyl/N-ethyl adjacent to an activating group) is 1. The molecule has 0 aromatic heterocycles. The van der Waals surface area contributed by atoms with E-state index in [1.807, 2.05) is 27.2 Å². The summed E-state index contributed by atoms with van der Waals surface area (Å²) in [7, 11) is 1.21. The molecule has 2 N–H and O–H groups in total. The Hall–Kier alpha value is -2.58. The number of nitrogens with zero attached hydrogens (tertiary/aromatic N) is 1. The first-order valence-corrected chi connectivity index (χ1v) is 29.6. The lowest BCUT2D eigenvalue weighted by Gasteiger charge is -2.29. The molecule has 398 valence electrons. The number of quaternary nitrogens is 1. The van der Waals surface area contributed by atoms with E-state index >= 15 is 0 Å². The minimum absolute atomic E-state index is 0.0170. The number of allylic oxidation sites excluding steroid dienone is 15. The van der Waals surface area contributed by atoms with Gasteiger partial charge < -0.3 is 28.8 Å². The Morgan fingerprint density at radius 1 is 0.522 bits per heavy atom. The summed E-state index contributed by atoms with van der Waals surface area (Å²) in [6.07, 6.45) is 72.0. The van der Waals surface area contributed by atoms with E-state index in [1.54, 1.807) is 6.08 Å². The van der Waals surface area contributed by atoms with Crippen molar-refractivity contribution in [1.29, 1.82) is 0 Å². The topological polar surface area (TPSA) is 108 Å². The average molecular weight is 983 g/mol. The molecule has 0 rings (SSSR count). The van der Waals surface area contributed by atoms with E-state index in [-0.39, 0.29) is 18.9 Å². The molecule has 0 radical (unpaired) electrons. The van der Waals surface area contributed by atoms with E-state index in [0.29, 0.717) is 17.4 Å². The monoisotopic (exact) mass is 983 g/mol. The first-order chi connectivity index (χ1) is 33.5. The molecule has 0 fully saturated rings. The van der Waals surface area contributed by atoms with Crippen LogP contribution >= 0.6 is 7.82 Å². The lowest BCUT2D eigenvalue weighted by atomic mass is 10.0. The van der Waals surface area contributed by atoms with Crippen LogP contribution in [0.2, 0.25) is 0 Å². The second-order valence-corrected chi connectivity index (χ2v) is 21.3. The number of hydrogen-bond acceptors (Lipinski definition) is 6. The smallest absolute Gasteiger partial charge is 0.268 e. The summed E-state index contributed by atoms with van der Waals surface area (Å²) in [5.74, 6) is -0.257. The summed E-state index contributed by atoms with van der Waals surface area (Å²) < 4.78 is 23.3. The van der Waals surface area contributed by atoms with Gasteiger partial charge in [0.15, 0.2) is 0 Å². The number of amides is 1. The third kappa shape index (κ3) is 53.1. The van der Waals surface area contributed by atoms with Gasteiger partial charge in [-0.3, -0.25) is 9.36 Å². The second-order valence-electron chi connectivity index (χ2n) is 19.9. The number of phosphoric ester groups is 1. The van der Waals surface area contributed by atoms with Gasteiger partial charge in [-0.05, 0) is 70.6 Å². The predicted octanol–water partition coefficient (Wildman–Crippen LogP) is 16.4. The van der Waals surface area contributed by atoms with Gasteiger partial charge in [0, 0.05) is 6.42 Å². The minimum Gasteiger partial charge on any atom is -0.756 e. The van der Waals surface area contributed by atoms with Gasteiger partial charge in [-0.2, -0.15) is 0 Å². The molecule has 0 saturated carbocycles. The van der Waals surface area contributed by atoms with Crippen LogP contribution in [0.25, 0.3) is 0 Å². The van der Waals surface area contributed by atoms with Crippen LogP contribution in [0.15, 0.2) is 97.2 Å². The van der Waals surface area contributed by atoms with Crippen molar-refractivity contribution in [1.82, 2.24) is 5.32 Å². The molecule has 0 spiro atoms. The fourth-order valence-corrected chi connectivity index (χ4v) is 8.39. The Morgan fingerprint density at radius 3 is 1.28 bits per heavy atom. The van der Waals surface area contributed by atoms with Gasteiger partial charge >= 0.3 is 0 Å². The summed E-state index contributed by atoms with van der Waals surface area (Å²) in [6.45, 7) is 4.50. The zero-order valence-corrected chi connectivity index (χ0v) is 46.1. The van der Waals surface area contributed by atoms with Gasteiger partial charge in [-0.1, -0.05) is 246 Å². The van der Waals surface area contributed by atoms with Crippen molar-refractivity contribution in [3.63, 3.8) is 0 Å². The number of aliphatic hydroxyl groups is 1. The van der Waals surface area contributed by atoms with Crippen molar-refractivity contribution >= 4 is 13.7 Å². The lowest BCUT2D eigenvalue weighted by Crippen LogP contribution is -2.45. The van der Waals surface area contributed by atoms with Crippen molar-refractivity contribution in [3.05, 3.63) is 97.2 Å².